The van der Waals surface area contributed by atoms with Crippen molar-refractivity contribution in [2.24, 2.45) is 0 Å². The molecule has 0 aliphatic rings. The molecule has 2 aromatic carbocycles. The van der Waals surface area contributed by atoms with Crippen LogP contribution < -0.4 is 10.5 Å². The lowest BCUT2D eigenvalue weighted by atomic mass is 10.3. The number of nitrogens with two attached hydrogens (primary N) is 1. The molecule has 5 rings (SSSR count). The molecule has 0 aliphatic heterocycles. The molecule has 0 atom stereocenters. The summed E-state index contributed by atoms with van der Waals surface area (Å²) in [5, 5.41) is 0. The predicted octanol–water partition coefficient (Wildman–Crippen LogP) is 3.24. The van der Waals surface area contributed by atoms with Gasteiger partial charge in [0, 0.05) is 12.4 Å². The summed E-state index contributed by atoms with van der Waals surface area (Å²) in [6, 6.07) is 6.76. The number of benzene rings is 2. The van der Waals surface area contributed by atoms with Crippen LogP contribution >= 0.6 is 0 Å². The molecule has 12 heteroatoms. The van der Waals surface area contributed by atoms with Crippen LogP contribution in [0.3, 0.4) is 0 Å². The fourth-order valence-corrected chi connectivity index (χ4v) is 4.60. The smallest absolute Gasteiger partial charge is 0.264 e. The molecule has 0 saturated heterocycles. The zero-order valence-corrected chi connectivity index (χ0v) is 17.3. The van der Waals surface area contributed by atoms with E-state index in [0.717, 1.165) is 12.1 Å². The van der Waals surface area contributed by atoms with Gasteiger partial charge in [-0.25, -0.2) is 32.2 Å². The van der Waals surface area contributed by atoms with Gasteiger partial charge in [-0.15, -0.1) is 0 Å². The van der Waals surface area contributed by atoms with E-state index in [-0.39, 0.29) is 11.5 Å². The highest BCUT2D eigenvalue weighted by atomic mass is 32.2. The van der Waals surface area contributed by atoms with Crippen molar-refractivity contribution < 1.29 is 17.2 Å². The van der Waals surface area contributed by atoms with Crippen molar-refractivity contribution in [1.82, 2.24) is 24.3 Å². The van der Waals surface area contributed by atoms with Gasteiger partial charge in [0.1, 0.15) is 39.4 Å². The molecule has 3 heterocycles. The highest BCUT2D eigenvalue weighted by molar-refractivity contribution is 7.92. The monoisotopic (exact) mass is 455 g/mol. The topological polar surface area (TPSA) is 131 Å². The van der Waals surface area contributed by atoms with Gasteiger partial charge in [-0.3, -0.25) is 9.12 Å². The summed E-state index contributed by atoms with van der Waals surface area (Å²) in [6.07, 6.45) is 3.30. The van der Waals surface area contributed by atoms with Crippen LogP contribution in [0.5, 0.6) is 0 Å². The standard InChI is InChI=1S/C20H15F2N7O2S/c1-10-25-17(18-19(23)24-6-7-29(10)18)20-26-14-5-3-12(9-15(14)27-20)28-32(30,31)16-8-11(21)2-4-13(16)22/h2-9,28H,1H3,(H2,23,24)(H,26,27). The SMILES string of the molecule is Cc1nc(-c2nc3ccc(NS(=O)(=O)c4cc(F)ccc4F)cc3[nH]2)c2c(N)nccn12. The van der Waals surface area contributed by atoms with Gasteiger partial charge in [-0.2, -0.15) is 0 Å². The Morgan fingerprint density at radius 2 is 1.94 bits per heavy atom. The van der Waals surface area contributed by atoms with Gasteiger partial charge < -0.3 is 10.7 Å². The minimum atomic E-state index is -4.35. The Bertz CT molecular complexity index is 1630. The van der Waals surface area contributed by atoms with Crippen LogP contribution in [0, 0.1) is 18.6 Å². The number of rotatable bonds is 4. The van der Waals surface area contributed by atoms with Crippen molar-refractivity contribution in [3.63, 3.8) is 0 Å². The van der Waals surface area contributed by atoms with Crippen molar-refractivity contribution in [1.29, 1.82) is 0 Å². The first-order valence-electron chi connectivity index (χ1n) is 9.30. The summed E-state index contributed by atoms with van der Waals surface area (Å²) in [5.74, 6) is -0.528. The molecular formula is C20H15F2N7O2S. The lowest BCUT2D eigenvalue weighted by molar-refractivity contribution is 0.555. The molecule has 0 unspecified atom stereocenters. The molecule has 0 aliphatic carbocycles. The fraction of sp³-hybridized carbons (Fsp3) is 0.0500. The van der Waals surface area contributed by atoms with Crippen molar-refractivity contribution >= 4 is 38.1 Å². The van der Waals surface area contributed by atoms with Crippen molar-refractivity contribution in [2.45, 2.75) is 11.8 Å². The lowest BCUT2D eigenvalue weighted by Gasteiger charge is -2.09. The maximum absolute atomic E-state index is 13.9. The summed E-state index contributed by atoms with van der Waals surface area (Å²) in [4.78, 5) is 15.4. The molecule has 32 heavy (non-hydrogen) atoms. The van der Waals surface area contributed by atoms with Gasteiger partial charge in [-0.05, 0) is 43.3 Å². The molecule has 0 bridgehead atoms. The number of imidazole rings is 2. The Labute approximate surface area is 180 Å². The van der Waals surface area contributed by atoms with E-state index in [1.807, 2.05) is 6.92 Å². The van der Waals surface area contributed by atoms with E-state index in [1.165, 1.54) is 12.1 Å². The van der Waals surface area contributed by atoms with Crippen LogP contribution in [0.2, 0.25) is 0 Å². The zero-order chi connectivity index (χ0) is 22.6. The van der Waals surface area contributed by atoms with Crippen molar-refractivity contribution in [3.05, 3.63) is 66.3 Å². The number of hydrogen-bond acceptors (Lipinski definition) is 6. The van der Waals surface area contributed by atoms with Gasteiger partial charge in [0.05, 0.1) is 16.7 Å². The van der Waals surface area contributed by atoms with Crippen LogP contribution in [0.4, 0.5) is 20.3 Å². The Kier molecular flexibility index (Phi) is 4.34. The number of aromatic amines is 1. The first-order valence-corrected chi connectivity index (χ1v) is 10.8. The number of hydrogen-bond donors (Lipinski definition) is 3. The first-order chi connectivity index (χ1) is 15.2. The molecule has 0 radical (unpaired) electrons. The van der Waals surface area contributed by atoms with Crippen molar-refractivity contribution in [2.75, 3.05) is 10.5 Å². The highest BCUT2D eigenvalue weighted by Gasteiger charge is 2.21. The normalized spacial score (nSPS) is 12.0. The summed E-state index contributed by atoms with van der Waals surface area (Å²) in [5.41, 5.74) is 8.29. The zero-order valence-electron chi connectivity index (χ0n) is 16.5. The average molecular weight is 455 g/mol. The number of nitrogen functional groups attached to an aromatic ring is 1. The largest absolute Gasteiger partial charge is 0.382 e. The molecular weight excluding hydrogens is 440 g/mol. The third kappa shape index (κ3) is 3.21. The van der Waals surface area contributed by atoms with Crippen LogP contribution in [0.1, 0.15) is 5.82 Å². The summed E-state index contributed by atoms with van der Waals surface area (Å²) in [7, 11) is -4.35. The van der Waals surface area contributed by atoms with Crippen LogP contribution in [0.15, 0.2) is 53.7 Å². The number of halogens is 2. The van der Waals surface area contributed by atoms with Crippen LogP contribution in [-0.2, 0) is 10.0 Å². The Balaban J connectivity index is 1.55. The van der Waals surface area contributed by atoms with E-state index >= 15 is 0 Å². The quantitative estimate of drug-likeness (QED) is 0.381. The third-order valence-electron chi connectivity index (χ3n) is 4.90. The molecule has 4 N–H and O–H groups in total. The summed E-state index contributed by atoms with van der Waals surface area (Å²) >= 11 is 0. The highest BCUT2D eigenvalue weighted by Crippen LogP contribution is 2.29. The van der Waals surface area contributed by atoms with E-state index in [1.54, 1.807) is 22.9 Å². The second kappa shape index (κ2) is 6.99. The van der Waals surface area contributed by atoms with Crippen LogP contribution in [-0.4, -0.2) is 32.8 Å². The molecule has 9 nitrogen and oxygen atoms in total. The Morgan fingerprint density at radius 1 is 1.12 bits per heavy atom. The number of nitrogens with zero attached hydrogens (tertiary/aromatic N) is 4. The Hall–Kier alpha value is -4.06. The Morgan fingerprint density at radius 3 is 2.75 bits per heavy atom. The number of sulfonamides is 1. The third-order valence-corrected chi connectivity index (χ3v) is 6.30. The maximum Gasteiger partial charge on any atom is 0.264 e. The van der Waals surface area contributed by atoms with Gasteiger partial charge in [-0.1, -0.05) is 0 Å². The van der Waals surface area contributed by atoms with Gasteiger partial charge in [0.15, 0.2) is 5.82 Å². The van der Waals surface area contributed by atoms with Crippen LogP contribution in [0.25, 0.3) is 28.1 Å². The molecule has 5 aromatic rings. The second-order valence-electron chi connectivity index (χ2n) is 7.04. The van der Waals surface area contributed by atoms with E-state index in [9.17, 15) is 17.2 Å². The molecule has 0 spiro atoms. The predicted molar refractivity (Wildman–Crippen MR) is 114 cm³/mol. The van der Waals surface area contributed by atoms with E-state index in [2.05, 4.69) is 24.7 Å². The number of aryl methyl sites for hydroxylation is 1. The lowest BCUT2D eigenvalue weighted by Crippen LogP contribution is -2.14. The fourth-order valence-electron chi connectivity index (χ4n) is 3.46. The van der Waals surface area contributed by atoms with Gasteiger partial charge in [0.2, 0.25) is 0 Å². The van der Waals surface area contributed by atoms with Crippen molar-refractivity contribution in [3.8, 4) is 11.5 Å². The number of H-pyrrole nitrogens is 1. The molecule has 0 saturated carbocycles. The van der Waals surface area contributed by atoms with E-state index in [0.29, 0.717) is 40.0 Å². The maximum atomic E-state index is 13.9. The summed E-state index contributed by atoms with van der Waals surface area (Å²) in [6.45, 7) is 1.82. The molecule has 162 valence electrons. The average Bonchev–Trinajstić information content (AvgIpc) is 3.31. The molecule has 0 fully saturated rings. The minimum absolute atomic E-state index is 0.142. The van der Waals surface area contributed by atoms with E-state index < -0.39 is 26.6 Å². The minimum Gasteiger partial charge on any atom is -0.382 e. The molecule has 0 amide bonds. The first kappa shape index (κ1) is 19.9. The van der Waals surface area contributed by atoms with Gasteiger partial charge in [0.25, 0.3) is 10.0 Å². The summed E-state index contributed by atoms with van der Waals surface area (Å²) < 4.78 is 56.5. The van der Waals surface area contributed by atoms with Gasteiger partial charge >= 0.3 is 0 Å². The molecule has 3 aromatic heterocycles. The second-order valence-corrected chi connectivity index (χ2v) is 8.69. The van der Waals surface area contributed by atoms with E-state index in [4.69, 9.17) is 5.73 Å². The number of nitrogens with one attached hydrogen (secondary N) is 2. The number of aromatic nitrogens is 5. The number of fused-ring (bicyclic) bond motifs is 2. The number of anilines is 2.